The van der Waals surface area contributed by atoms with Gasteiger partial charge in [-0.15, -0.1) is 0 Å². The molecule has 4 aromatic rings. The molecule has 1 aromatic heterocycles. The number of aliphatic carboxylic acids is 1. The Kier molecular flexibility index (Phi) is 7.73. The molecule has 0 fully saturated rings. The van der Waals surface area contributed by atoms with Crippen molar-refractivity contribution in [3.63, 3.8) is 0 Å². The first kappa shape index (κ1) is 25.4. The van der Waals surface area contributed by atoms with Crippen LogP contribution in [-0.2, 0) is 4.79 Å². The SMILES string of the molecule is CCCC(C)(Oc1ccccc1C(N)c1cccc(/C=C/c2ccc3ccc(Cl)cc3n2)c1)C(=O)O. The van der Waals surface area contributed by atoms with E-state index in [-0.39, 0.29) is 0 Å². The van der Waals surface area contributed by atoms with E-state index >= 15 is 0 Å². The number of nitrogens with two attached hydrogens (primary N) is 1. The summed E-state index contributed by atoms with van der Waals surface area (Å²) in [6.07, 6.45) is 5.01. The zero-order valence-corrected chi connectivity index (χ0v) is 21.1. The van der Waals surface area contributed by atoms with E-state index in [0.29, 0.717) is 23.6 Å². The Balaban J connectivity index is 1.59. The van der Waals surface area contributed by atoms with Gasteiger partial charge in [0.15, 0.2) is 0 Å². The summed E-state index contributed by atoms with van der Waals surface area (Å²) >= 11 is 6.11. The number of benzene rings is 3. The first-order valence-electron chi connectivity index (χ1n) is 11.9. The Morgan fingerprint density at radius 2 is 1.86 bits per heavy atom. The molecular formula is C30H29ClN2O3. The van der Waals surface area contributed by atoms with Crippen molar-refractivity contribution in [2.75, 3.05) is 0 Å². The smallest absolute Gasteiger partial charge is 0.347 e. The second-order valence-corrected chi connectivity index (χ2v) is 9.42. The fraction of sp³-hybridized carbons (Fsp3) is 0.200. The third kappa shape index (κ3) is 5.76. The number of carboxylic acid groups (broad SMARTS) is 1. The number of rotatable bonds is 9. The zero-order chi connectivity index (χ0) is 25.7. The Labute approximate surface area is 216 Å². The van der Waals surface area contributed by atoms with E-state index < -0.39 is 17.6 Å². The average Bonchev–Trinajstić information content (AvgIpc) is 2.87. The van der Waals surface area contributed by atoms with Gasteiger partial charge in [-0.1, -0.05) is 79.6 Å². The topological polar surface area (TPSA) is 85.4 Å². The van der Waals surface area contributed by atoms with Crippen LogP contribution in [0.1, 0.15) is 55.1 Å². The highest BCUT2D eigenvalue weighted by atomic mass is 35.5. The highest BCUT2D eigenvalue weighted by Gasteiger charge is 2.35. The first-order chi connectivity index (χ1) is 17.3. The van der Waals surface area contributed by atoms with Crippen LogP contribution >= 0.6 is 11.6 Å². The molecule has 2 unspecified atom stereocenters. The van der Waals surface area contributed by atoms with Crippen LogP contribution in [0.4, 0.5) is 0 Å². The summed E-state index contributed by atoms with van der Waals surface area (Å²) in [6, 6.07) is 24.4. The lowest BCUT2D eigenvalue weighted by Crippen LogP contribution is -2.41. The van der Waals surface area contributed by atoms with Gasteiger partial charge in [0.2, 0.25) is 5.60 Å². The van der Waals surface area contributed by atoms with Gasteiger partial charge in [0.25, 0.3) is 0 Å². The number of hydrogen-bond acceptors (Lipinski definition) is 4. The fourth-order valence-electron chi connectivity index (χ4n) is 4.17. The van der Waals surface area contributed by atoms with Crippen LogP contribution in [-0.4, -0.2) is 21.7 Å². The van der Waals surface area contributed by atoms with Gasteiger partial charge >= 0.3 is 5.97 Å². The fourth-order valence-corrected chi connectivity index (χ4v) is 4.33. The maximum atomic E-state index is 11.9. The van der Waals surface area contributed by atoms with E-state index in [4.69, 9.17) is 22.1 Å². The van der Waals surface area contributed by atoms with Crippen molar-refractivity contribution >= 4 is 40.6 Å². The standard InChI is InChI=1S/C30H29ClN2O3/c1-3-17-30(2,29(34)35)36-27-10-5-4-9-25(27)28(32)22-8-6-7-20(18-22)11-15-24-16-13-21-12-14-23(31)19-26(21)33-24/h4-16,18-19,28H,3,17,32H2,1-2H3,(H,34,35)/b15-11+. The first-order valence-corrected chi connectivity index (χ1v) is 12.3. The predicted molar refractivity (Wildman–Crippen MR) is 146 cm³/mol. The molecule has 1 heterocycles. The summed E-state index contributed by atoms with van der Waals surface area (Å²) in [5.74, 6) is -0.521. The normalized spacial score (nSPS) is 14.0. The van der Waals surface area contributed by atoms with Crippen LogP contribution < -0.4 is 10.5 Å². The van der Waals surface area contributed by atoms with E-state index in [1.54, 1.807) is 13.0 Å². The van der Waals surface area contributed by atoms with E-state index in [1.165, 1.54) is 0 Å². The monoisotopic (exact) mass is 500 g/mol. The Bertz CT molecular complexity index is 1420. The lowest BCUT2D eigenvalue weighted by Gasteiger charge is -2.28. The summed E-state index contributed by atoms with van der Waals surface area (Å²) in [4.78, 5) is 16.6. The van der Waals surface area contributed by atoms with Gasteiger partial charge < -0.3 is 15.6 Å². The molecule has 0 saturated heterocycles. The molecule has 6 heteroatoms. The zero-order valence-electron chi connectivity index (χ0n) is 20.3. The highest BCUT2D eigenvalue weighted by Crippen LogP contribution is 2.32. The Hall–Kier alpha value is -3.67. The van der Waals surface area contributed by atoms with Crippen LogP contribution in [0.3, 0.4) is 0 Å². The van der Waals surface area contributed by atoms with Crippen LogP contribution in [0.2, 0.25) is 5.02 Å². The van der Waals surface area contributed by atoms with Gasteiger partial charge in [0, 0.05) is 16.0 Å². The van der Waals surface area contributed by atoms with Gasteiger partial charge in [0.05, 0.1) is 17.3 Å². The number of ether oxygens (including phenoxy) is 1. The van der Waals surface area contributed by atoms with Gasteiger partial charge in [0.1, 0.15) is 5.75 Å². The van der Waals surface area contributed by atoms with Crippen molar-refractivity contribution in [3.8, 4) is 5.75 Å². The van der Waals surface area contributed by atoms with Crippen molar-refractivity contribution < 1.29 is 14.6 Å². The minimum Gasteiger partial charge on any atom is -0.478 e. The number of fused-ring (bicyclic) bond motifs is 1. The summed E-state index contributed by atoms with van der Waals surface area (Å²) in [6.45, 7) is 3.53. The number of aromatic nitrogens is 1. The Morgan fingerprint density at radius 1 is 1.08 bits per heavy atom. The van der Waals surface area contributed by atoms with Crippen LogP contribution in [0.5, 0.6) is 5.75 Å². The molecule has 2 atom stereocenters. The molecule has 0 bridgehead atoms. The van der Waals surface area contributed by atoms with Gasteiger partial charge in [-0.2, -0.15) is 0 Å². The number of pyridine rings is 1. The molecule has 0 aliphatic heterocycles. The quantitative estimate of drug-likeness (QED) is 0.255. The molecular weight excluding hydrogens is 472 g/mol. The number of nitrogens with zero attached hydrogens (tertiary/aromatic N) is 1. The predicted octanol–water partition coefficient (Wildman–Crippen LogP) is 7.13. The second kappa shape index (κ2) is 10.9. The summed E-state index contributed by atoms with van der Waals surface area (Å²) < 4.78 is 6.05. The lowest BCUT2D eigenvalue weighted by molar-refractivity contribution is -0.154. The van der Waals surface area contributed by atoms with E-state index in [2.05, 4.69) is 4.98 Å². The summed E-state index contributed by atoms with van der Waals surface area (Å²) in [5.41, 5.74) is 9.59. The number of halogens is 1. The molecule has 0 spiro atoms. The highest BCUT2D eigenvalue weighted by molar-refractivity contribution is 6.31. The summed E-state index contributed by atoms with van der Waals surface area (Å²) in [5, 5.41) is 11.4. The number of para-hydroxylation sites is 1. The van der Waals surface area contributed by atoms with Crippen molar-refractivity contribution in [1.82, 2.24) is 4.98 Å². The lowest BCUT2D eigenvalue weighted by atomic mass is 9.96. The summed E-state index contributed by atoms with van der Waals surface area (Å²) in [7, 11) is 0. The average molecular weight is 501 g/mol. The van der Waals surface area contributed by atoms with Crippen LogP contribution in [0.25, 0.3) is 23.1 Å². The minimum absolute atomic E-state index is 0.390. The van der Waals surface area contributed by atoms with Crippen molar-refractivity contribution in [1.29, 1.82) is 0 Å². The van der Waals surface area contributed by atoms with Crippen molar-refractivity contribution in [3.05, 3.63) is 106 Å². The third-order valence-electron chi connectivity index (χ3n) is 6.16. The third-order valence-corrected chi connectivity index (χ3v) is 6.40. The molecule has 3 aromatic carbocycles. The number of carboxylic acids is 1. The Morgan fingerprint density at radius 3 is 2.64 bits per heavy atom. The minimum atomic E-state index is -1.33. The number of hydrogen-bond donors (Lipinski definition) is 2. The van der Waals surface area contributed by atoms with Crippen LogP contribution in [0.15, 0.2) is 78.9 Å². The maximum absolute atomic E-state index is 11.9. The molecule has 36 heavy (non-hydrogen) atoms. The van der Waals surface area contributed by atoms with E-state index in [1.807, 2.05) is 91.9 Å². The molecule has 0 aliphatic carbocycles. The van der Waals surface area contributed by atoms with Gasteiger partial charge in [-0.05, 0) is 60.9 Å². The van der Waals surface area contributed by atoms with Crippen molar-refractivity contribution in [2.24, 2.45) is 5.73 Å². The second-order valence-electron chi connectivity index (χ2n) is 8.98. The molecule has 0 aliphatic rings. The molecule has 0 amide bonds. The van der Waals surface area contributed by atoms with Gasteiger partial charge in [-0.3, -0.25) is 0 Å². The van der Waals surface area contributed by atoms with Crippen molar-refractivity contribution in [2.45, 2.75) is 38.3 Å². The largest absolute Gasteiger partial charge is 0.478 e. The molecule has 3 N–H and O–H groups in total. The van der Waals surface area contributed by atoms with E-state index in [0.717, 1.165) is 33.3 Å². The molecule has 5 nitrogen and oxygen atoms in total. The van der Waals surface area contributed by atoms with E-state index in [9.17, 15) is 9.90 Å². The molecule has 0 saturated carbocycles. The molecule has 4 rings (SSSR count). The maximum Gasteiger partial charge on any atom is 0.347 e. The molecule has 184 valence electrons. The van der Waals surface area contributed by atoms with Gasteiger partial charge in [-0.25, -0.2) is 9.78 Å². The number of carbonyl (C=O) groups is 1. The molecule has 0 radical (unpaired) electrons. The van der Waals surface area contributed by atoms with Crippen LogP contribution in [0, 0.1) is 0 Å².